The van der Waals surface area contributed by atoms with Gasteiger partial charge in [-0.15, -0.1) is 0 Å². The van der Waals surface area contributed by atoms with Gasteiger partial charge in [-0.1, -0.05) is 0 Å². The van der Waals surface area contributed by atoms with Crippen molar-refractivity contribution in [3.63, 3.8) is 0 Å². The van der Waals surface area contributed by atoms with Crippen molar-refractivity contribution in [1.29, 1.82) is 0 Å². The van der Waals surface area contributed by atoms with E-state index in [1.165, 1.54) is 6.92 Å². The van der Waals surface area contributed by atoms with Crippen LogP contribution >= 0.6 is 0 Å². The van der Waals surface area contributed by atoms with E-state index in [1.807, 2.05) is 0 Å². The predicted octanol–water partition coefficient (Wildman–Crippen LogP) is -2.14. The third-order valence-corrected chi connectivity index (χ3v) is 0.805. The molecule has 5 heteroatoms. The maximum atomic E-state index is 9.86. The number of aliphatic hydroxyl groups excluding tert-OH is 1. The average Bonchev–Trinajstić information content (AvgIpc) is 1.64. The van der Waals surface area contributed by atoms with Gasteiger partial charge in [-0.3, -0.25) is 4.79 Å². The Morgan fingerprint density at radius 1 is 1.67 bits per heavy atom. The number of aliphatic carboxylic acids is 1. The van der Waals surface area contributed by atoms with Gasteiger partial charge in [0, 0.05) is 0 Å². The van der Waals surface area contributed by atoms with E-state index in [-0.39, 0.29) is 37.7 Å². The molecule has 2 unspecified atom stereocenters. The average molecular weight is 161 g/mol. The first-order valence-corrected chi connectivity index (χ1v) is 2.22. The van der Waals surface area contributed by atoms with Crippen LogP contribution in [0.1, 0.15) is 6.92 Å². The van der Waals surface area contributed by atoms with Gasteiger partial charge in [0.25, 0.3) is 0 Å². The van der Waals surface area contributed by atoms with Crippen LogP contribution in [0.2, 0.25) is 0 Å². The Morgan fingerprint density at radius 2 is 2.00 bits per heavy atom. The molecule has 0 aromatic carbocycles. The number of rotatable bonds is 2. The fourth-order valence-corrected chi connectivity index (χ4v) is 0.206. The molecule has 0 aliphatic carbocycles. The van der Waals surface area contributed by atoms with Crippen molar-refractivity contribution in [2.75, 3.05) is 0 Å². The Balaban J connectivity index is 0. The van der Waals surface area contributed by atoms with Gasteiger partial charge >= 0.3 is 43.7 Å². The van der Waals surface area contributed by atoms with E-state index >= 15 is 0 Å². The molecule has 0 amide bonds. The number of carboxylic acid groups (broad SMARTS) is 1. The second-order valence-corrected chi connectivity index (χ2v) is 1.60. The molecule has 4 N–H and O–H groups in total. The SMILES string of the molecule is CC(O)C(N)C(=O)O.[CaH2]. The Labute approximate surface area is 83.0 Å². The molecule has 0 spiro atoms. The van der Waals surface area contributed by atoms with Gasteiger partial charge < -0.3 is 15.9 Å². The minimum atomic E-state index is -1.18. The van der Waals surface area contributed by atoms with E-state index in [2.05, 4.69) is 0 Å². The molecule has 0 radical (unpaired) electrons. The zero-order chi connectivity index (χ0) is 6.73. The van der Waals surface area contributed by atoms with E-state index in [0.29, 0.717) is 0 Å². The Hall–Kier alpha value is 0.650. The van der Waals surface area contributed by atoms with Gasteiger partial charge in [-0.2, -0.15) is 0 Å². The molecule has 0 aliphatic heterocycles. The fraction of sp³-hybridized carbons (Fsp3) is 0.750. The van der Waals surface area contributed by atoms with Crippen LogP contribution in [0, 0.1) is 0 Å². The molecule has 0 heterocycles. The quantitative estimate of drug-likeness (QED) is 0.404. The number of hydrogen-bond acceptors (Lipinski definition) is 3. The predicted molar refractivity (Wildman–Crippen MR) is 35.8 cm³/mol. The Morgan fingerprint density at radius 3 is 2.00 bits per heavy atom. The third kappa shape index (κ3) is 5.11. The summed E-state index contributed by atoms with van der Waals surface area (Å²) in [6.45, 7) is 1.33. The number of aliphatic hydroxyl groups is 1. The van der Waals surface area contributed by atoms with Gasteiger partial charge in [-0.05, 0) is 6.92 Å². The maximum absolute atomic E-state index is 9.86. The van der Waals surface area contributed by atoms with Crippen molar-refractivity contribution in [2.45, 2.75) is 19.1 Å². The van der Waals surface area contributed by atoms with Crippen LogP contribution in [0.25, 0.3) is 0 Å². The van der Waals surface area contributed by atoms with E-state index < -0.39 is 18.1 Å². The van der Waals surface area contributed by atoms with Gasteiger partial charge in [0.2, 0.25) is 0 Å². The first kappa shape index (κ1) is 12.3. The number of carboxylic acids is 1. The topological polar surface area (TPSA) is 83.5 Å². The van der Waals surface area contributed by atoms with Gasteiger partial charge in [0.1, 0.15) is 6.04 Å². The Kier molecular flexibility index (Phi) is 7.45. The van der Waals surface area contributed by atoms with Crippen LogP contribution in [0.5, 0.6) is 0 Å². The molecule has 0 fully saturated rings. The van der Waals surface area contributed by atoms with Crippen LogP contribution in [0.4, 0.5) is 0 Å². The molecule has 0 saturated heterocycles. The van der Waals surface area contributed by atoms with E-state index in [9.17, 15) is 4.79 Å². The van der Waals surface area contributed by atoms with Crippen LogP contribution in [-0.4, -0.2) is 66.1 Å². The van der Waals surface area contributed by atoms with E-state index in [0.717, 1.165) is 0 Å². The molecule has 9 heavy (non-hydrogen) atoms. The normalized spacial score (nSPS) is 15.4. The standard InChI is InChI=1S/C4H9NO3.Ca.2H/c1-2(6)3(5)4(7)8;;;/h2-3,6H,5H2,1H3,(H,7,8);;;. The first-order valence-electron chi connectivity index (χ1n) is 2.22. The van der Waals surface area contributed by atoms with Crippen LogP contribution in [-0.2, 0) is 4.79 Å². The molecular weight excluding hydrogens is 150 g/mol. The summed E-state index contributed by atoms with van der Waals surface area (Å²) in [6, 6.07) is -1.16. The number of nitrogens with two attached hydrogens (primary N) is 1. The molecule has 0 aromatic rings. The van der Waals surface area contributed by atoms with Gasteiger partial charge in [-0.25, -0.2) is 0 Å². The molecule has 0 aromatic heterocycles. The monoisotopic (exact) mass is 161 g/mol. The molecule has 4 nitrogen and oxygen atoms in total. The molecule has 0 bridgehead atoms. The molecule has 2 atom stereocenters. The van der Waals surface area contributed by atoms with E-state index in [4.69, 9.17) is 15.9 Å². The summed E-state index contributed by atoms with van der Waals surface area (Å²) in [6.07, 6.45) is -0.979. The van der Waals surface area contributed by atoms with E-state index in [1.54, 1.807) is 0 Å². The summed E-state index contributed by atoms with van der Waals surface area (Å²) in [5.41, 5.74) is 4.91. The number of carbonyl (C=O) groups is 1. The first-order chi connectivity index (χ1) is 3.55. The van der Waals surface area contributed by atoms with Crippen molar-refractivity contribution < 1.29 is 15.0 Å². The van der Waals surface area contributed by atoms with Crippen molar-refractivity contribution in [2.24, 2.45) is 5.73 Å². The summed E-state index contributed by atoms with van der Waals surface area (Å²) in [4.78, 5) is 9.86. The zero-order valence-corrected chi connectivity index (χ0v) is 4.53. The molecule has 0 saturated carbocycles. The second-order valence-electron chi connectivity index (χ2n) is 1.60. The minimum absolute atomic E-state index is 0. The van der Waals surface area contributed by atoms with Crippen LogP contribution in [0.3, 0.4) is 0 Å². The Bertz CT molecular complexity index is 95.8. The van der Waals surface area contributed by atoms with Gasteiger partial charge in [0.05, 0.1) is 6.10 Å². The number of hydrogen-bond donors (Lipinski definition) is 3. The van der Waals surface area contributed by atoms with Crippen LogP contribution < -0.4 is 5.73 Å². The fourth-order valence-electron chi connectivity index (χ4n) is 0.206. The molecule has 52 valence electrons. The van der Waals surface area contributed by atoms with Crippen molar-refractivity contribution in [3.8, 4) is 0 Å². The molecule has 0 rings (SSSR count). The van der Waals surface area contributed by atoms with Crippen LogP contribution in [0.15, 0.2) is 0 Å². The zero-order valence-electron chi connectivity index (χ0n) is 4.53. The summed E-state index contributed by atoms with van der Waals surface area (Å²) < 4.78 is 0. The van der Waals surface area contributed by atoms with Crippen molar-refractivity contribution in [3.05, 3.63) is 0 Å². The summed E-state index contributed by atoms with van der Waals surface area (Å²) in [7, 11) is 0. The molecule has 0 aliphatic rings. The van der Waals surface area contributed by atoms with Gasteiger partial charge in [0.15, 0.2) is 0 Å². The summed E-state index contributed by atoms with van der Waals surface area (Å²) >= 11 is 0. The second kappa shape index (κ2) is 5.44. The van der Waals surface area contributed by atoms with Crippen molar-refractivity contribution in [1.82, 2.24) is 0 Å². The summed E-state index contributed by atoms with van der Waals surface area (Å²) in [5, 5.41) is 16.6. The third-order valence-electron chi connectivity index (χ3n) is 0.805. The summed E-state index contributed by atoms with van der Waals surface area (Å²) in [5.74, 6) is -1.18. The van der Waals surface area contributed by atoms with Crippen molar-refractivity contribution >= 4 is 43.7 Å². The molecular formula is C4H11CaNO3.